The van der Waals surface area contributed by atoms with Crippen LogP contribution in [0.2, 0.25) is 0 Å². The highest BCUT2D eigenvalue weighted by atomic mass is 19.4. The lowest BCUT2D eigenvalue weighted by Crippen LogP contribution is -2.40. The van der Waals surface area contributed by atoms with Crippen molar-refractivity contribution < 1.29 is 27.6 Å². The standard InChI is InChI=1S/C13H14F3N3O4/c1-18(9-4-5-23-7-9)12(20)17-8-2-3-11(19(21)22)10(6-8)13(14,15)16/h2-3,6,9H,4-5,7H2,1H3,(H,17,20)/t9-/m0/s1. The first-order valence-electron chi connectivity index (χ1n) is 6.67. The number of benzene rings is 1. The van der Waals surface area contributed by atoms with Gasteiger partial charge in [0, 0.05) is 25.4 Å². The molecule has 1 N–H and O–H groups in total. The molecule has 0 bridgehead atoms. The van der Waals surface area contributed by atoms with Crippen LogP contribution in [0.25, 0.3) is 0 Å². The molecule has 23 heavy (non-hydrogen) atoms. The first-order chi connectivity index (χ1) is 10.7. The van der Waals surface area contributed by atoms with Crippen molar-refractivity contribution in [2.75, 3.05) is 25.6 Å². The fourth-order valence-corrected chi connectivity index (χ4v) is 2.21. The maximum Gasteiger partial charge on any atom is 0.423 e. The van der Waals surface area contributed by atoms with E-state index < -0.39 is 28.4 Å². The van der Waals surface area contributed by atoms with E-state index in [4.69, 9.17) is 4.74 Å². The number of hydrogen-bond acceptors (Lipinski definition) is 4. The number of urea groups is 1. The molecule has 1 atom stereocenters. The van der Waals surface area contributed by atoms with Crippen molar-refractivity contribution in [2.24, 2.45) is 0 Å². The summed E-state index contributed by atoms with van der Waals surface area (Å²) in [6.07, 6.45) is -4.26. The first kappa shape index (κ1) is 17.0. The van der Waals surface area contributed by atoms with Gasteiger partial charge in [-0.1, -0.05) is 0 Å². The van der Waals surface area contributed by atoms with Crippen LogP contribution in [0, 0.1) is 10.1 Å². The van der Waals surface area contributed by atoms with Gasteiger partial charge in [-0.15, -0.1) is 0 Å². The van der Waals surface area contributed by atoms with Gasteiger partial charge in [-0.25, -0.2) is 4.79 Å². The van der Waals surface area contributed by atoms with Crippen LogP contribution in [0.15, 0.2) is 18.2 Å². The van der Waals surface area contributed by atoms with E-state index >= 15 is 0 Å². The van der Waals surface area contributed by atoms with Gasteiger partial charge in [0.1, 0.15) is 5.56 Å². The Morgan fingerprint density at radius 2 is 2.17 bits per heavy atom. The smallest absolute Gasteiger partial charge is 0.379 e. The summed E-state index contributed by atoms with van der Waals surface area (Å²) in [5, 5.41) is 13.0. The number of hydrogen-bond donors (Lipinski definition) is 1. The Morgan fingerprint density at radius 1 is 1.48 bits per heavy atom. The molecule has 1 heterocycles. The highest BCUT2D eigenvalue weighted by Gasteiger charge is 2.38. The van der Waals surface area contributed by atoms with E-state index in [0.29, 0.717) is 25.7 Å². The fourth-order valence-electron chi connectivity index (χ4n) is 2.21. The number of carbonyl (C=O) groups is 1. The van der Waals surface area contributed by atoms with Gasteiger partial charge in [-0.3, -0.25) is 10.1 Å². The minimum atomic E-state index is -4.89. The van der Waals surface area contributed by atoms with E-state index in [9.17, 15) is 28.1 Å². The van der Waals surface area contributed by atoms with Gasteiger partial charge in [-0.2, -0.15) is 13.2 Å². The summed E-state index contributed by atoms with van der Waals surface area (Å²) < 4.78 is 43.8. The van der Waals surface area contributed by atoms with Crippen LogP contribution in [0.3, 0.4) is 0 Å². The maximum atomic E-state index is 12.9. The van der Waals surface area contributed by atoms with E-state index in [2.05, 4.69) is 5.32 Å². The zero-order valence-electron chi connectivity index (χ0n) is 12.1. The largest absolute Gasteiger partial charge is 0.423 e. The summed E-state index contributed by atoms with van der Waals surface area (Å²) in [6.45, 7) is 0.871. The van der Waals surface area contributed by atoms with Crippen molar-refractivity contribution in [2.45, 2.75) is 18.6 Å². The highest BCUT2D eigenvalue weighted by molar-refractivity contribution is 5.89. The predicted octanol–water partition coefficient (Wildman–Crippen LogP) is 2.87. The second-order valence-corrected chi connectivity index (χ2v) is 5.05. The second kappa shape index (κ2) is 6.41. The third-order valence-corrected chi connectivity index (χ3v) is 3.52. The molecular formula is C13H14F3N3O4. The number of rotatable bonds is 3. The number of halogens is 3. The number of amides is 2. The summed E-state index contributed by atoms with van der Waals surface area (Å²) in [4.78, 5) is 22.9. The average molecular weight is 333 g/mol. The van der Waals surface area contributed by atoms with E-state index in [-0.39, 0.29) is 11.7 Å². The van der Waals surface area contributed by atoms with Gasteiger partial charge >= 0.3 is 12.2 Å². The van der Waals surface area contributed by atoms with E-state index in [1.165, 1.54) is 11.9 Å². The molecule has 1 aromatic rings. The van der Waals surface area contributed by atoms with Crippen molar-refractivity contribution in [3.05, 3.63) is 33.9 Å². The van der Waals surface area contributed by atoms with Gasteiger partial charge in [0.25, 0.3) is 5.69 Å². The SMILES string of the molecule is CN(C(=O)Nc1ccc([N+](=O)[O-])c(C(F)(F)F)c1)[C@H]1CCOC1. The minimum Gasteiger partial charge on any atom is -0.379 e. The topological polar surface area (TPSA) is 84.7 Å². The molecule has 0 unspecified atom stereocenters. The first-order valence-corrected chi connectivity index (χ1v) is 6.67. The maximum absolute atomic E-state index is 12.9. The lowest BCUT2D eigenvalue weighted by molar-refractivity contribution is -0.388. The molecule has 7 nitrogen and oxygen atoms in total. The summed E-state index contributed by atoms with van der Waals surface area (Å²) in [5.41, 5.74) is -2.64. The molecule has 0 aromatic heterocycles. The molecule has 2 rings (SSSR count). The summed E-state index contributed by atoms with van der Waals surface area (Å²) in [6, 6.07) is 1.56. The number of alkyl halides is 3. The number of nitro benzene ring substituents is 1. The second-order valence-electron chi connectivity index (χ2n) is 5.05. The Hall–Kier alpha value is -2.36. The number of ether oxygens (including phenoxy) is 1. The lowest BCUT2D eigenvalue weighted by Gasteiger charge is -2.23. The minimum absolute atomic E-state index is 0.157. The highest BCUT2D eigenvalue weighted by Crippen LogP contribution is 2.37. The molecule has 1 aliphatic heterocycles. The van der Waals surface area contributed by atoms with E-state index in [1.807, 2.05) is 0 Å². The predicted molar refractivity (Wildman–Crippen MR) is 74.1 cm³/mol. The normalized spacial score (nSPS) is 17.8. The van der Waals surface area contributed by atoms with Gasteiger partial charge in [-0.05, 0) is 18.6 Å². The molecule has 2 amide bonds. The van der Waals surface area contributed by atoms with Crippen molar-refractivity contribution in [1.82, 2.24) is 4.90 Å². The quantitative estimate of drug-likeness (QED) is 0.681. The number of nitro groups is 1. The number of anilines is 1. The summed E-state index contributed by atoms with van der Waals surface area (Å²) in [5.74, 6) is 0. The molecule has 0 radical (unpaired) electrons. The van der Waals surface area contributed by atoms with Gasteiger partial charge in [0.15, 0.2) is 0 Å². The number of likely N-dealkylation sites (N-methyl/N-ethyl adjacent to an activating group) is 1. The van der Waals surface area contributed by atoms with Crippen LogP contribution < -0.4 is 5.32 Å². The Morgan fingerprint density at radius 3 is 2.70 bits per heavy atom. The van der Waals surface area contributed by atoms with Crippen LogP contribution in [-0.2, 0) is 10.9 Å². The Balaban J connectivity index is 2.20. The fraction of sp³-hybridized carbons (Fsp3) is 0.462. The number of nitrogens with one attached hydrogen (secondary N) is 1. The molecule has 0 aliphatic carbocycles. The third kappa shape index (κ3) is 3.89. The molecular weight excluding hydrogens is 319 g/mol. The van der Waals surface area contributed by atoms with Crippen molar-refractivity contribution in [3.63, 3.8) is 0 Å². The Labute approximate surface area is 129 Å². The zero-order valence-corrected chi connectivity index (χ0v) is 12.1. The summed E-state index contributed by atoms with van der Waals surface area (Å²) in [7, 11) is 1.50. The molecule has 1 fully saturated rings. The summed E-state index contributed by atoms with van der Waals surface area (Å²) >= 11 is 0. The molecule has 1 aliphatic rings. The van der Waals surface area contributed by atoms with E-state index in [0.717, 1.165) is 12.1 Å². The van der Waals surface area contributed by atoms with Gasteiger partial charge in [0.2, 0.25) is 0 Å². The lowest BCUT2D eigenvalue weighted by atomic mass is 10.1. The average Bonchev–Trinajstić information content (AvgIpc) is 2.99. The molecule has 126 valence electrons. The molecule has 1 saturated heterocycles. The van der Waals surface area contributed by atoms with E-state index in [1.54, 1.807) is 0 Å². The number of carbonyl (C=O) groups excluding carboxylic acids is 1. The van der Waals surface area contributed by atoms with Crippen LogP contribution in [0.1, 0.15) is 12.0 Å². The Kier molecular flexibility index (Phi) is 4.73. The van der Waals surface area contributed by atoms with Gasteiger partial charge < -0.3 is 15.0 Å². The monoisotopic (exact) mass is 333 g/mol. The van der Waals surface area contributed by atoms with Gasteiger partial charge in [0.05, 0.1) is 17.6 Å². The molecule has 0 spiro atoms. The van der Waals surface area contributed by atoms with Crippen LogP contribution in [0.4, 0.5) is 29.3 Å². The van der Waals surface area contributed by atoms with Crippen LogP contribution in [0.5, 0.6) is 0 Å². The molecule has 0 saturated carbocycles. The molecule has 10 heteroatoms. The Bertz CT molecular complexity index is 615. The van der Waals surface area contributed by atoms with Crippen LogP contribution in [-0.4, -0.2) is 42.2 Å². The molecule has 1 aromatic carbocycles. The zero-order chi connectivity index (χ0) is 17.2. The number of nitrogens with zero attached hydrogens (tertiary/aromatic N) is 2. The van der Waals surface area contributed by atoms with Crippen LogP contribution >= 0.6 is 0 Å². The van der Waals surface area contributed by atoms with Crippen molar-refractivity contribution in [3.8, 4) is 0 Å². The third-order valence-electron chi connectivity index (χ3n) is 3.52. The van der Waals surface area contributed by atoms with Crippen molar-refractivity contribution >= 4 is 17.4 Å². The van der Waals surface area contributed by atoms with Crippen molar-refractivity contribution in [1.29, 1.82) is 0 Å².